The molecule has 0 heterocycles. The van der Waals surface area contributed by atoms with Crippen molar-refractivity contribution in [3.05, 3.63) is 29.3 Å². The van der Waals surface area contributed by atoms with Crippen molar-refractivity contribution in [1.29, 1.82) is 0 Å². The molecule has 2 unspecified atom stereocenters. The molecule has 1 aromatic carbocycles. The Hall–Kier alpha value is -1.30. The van der Waals surface area contributed by atoms with Gasteiger partial charge in [0.15, 0.2) is 0 Å². The largest absolute Gasteiger partial charge is 0.497 e. The van der Waals surface area contributed by atoms with Crippen LogP contribution in [0.5, 0.6) is 5.75 Å². The molecule has 6 heteroatoms. The first kappa shape index (κ1) is 13.8. The Morgan fingerprint density at radius 1 is 1.41 bits per heavy atom. The van der Waals surface area contributed by atoms with E-state index in [1.807, 2.05) is 0 Å². The molecule has 0 aliphatic carbocycles. The minimum Gasteiger partial charge on any atom is -0.497 e. The van der Waals surface area contributed by atoms with E-state index >= 15 is 0 Å². The summed E-state index contributed by atoms with van der Waals surface area (Å²) in [5.74, 6) is -1.00. The second-order valence-corrected chi connectivity index (χ2v) is 3.78. The molecule has 0 saturated carbocycles. The highest BCUT2D eigenvalue weighted by Crippen LogP contribution is 2.24. The van der Waals surface area contributed by atoms with Gasteiger partial charge in [-0.2, -0.15) is 0 Å². The fourth-order valence-corrected chi connectivity index (χ4v) is 1.51. The zero-order valence-electron chi connectivity index (χ0n) is 9.13. The number of methoxy groups -OCH3 is 1. The number of aliphatic hydroxyl groups is 2. The predicted octanol–water partition coefficient (Wildman–Crippen LogP) is 1.03. The van der Waals surface area contributed by atoms with Crippen LogP contribution in [0.25, 0.3) is 0 Å². The molecule has 1 aromatic rings. The Labute approximate surface area is 103 Å². The van der Waals surface area contributed by atoms with E-state index in [1.54, 1.807) is 0 Å². The molecule has 0 bridgehead atoms. The van der Waals surface area contributed by atoms with E-state index in [9.17, 15) is 15.0 Å². The molecule has 1 rings (SSSR count). The van der Waals surface area contributed by atoms with Gasteiger partial charge in [0, 0.05) is 0 Å². The molecule has 0 saturated heterocycles. The van der Waals surface area contributed by atoms with E-state index in [1.165, 1.54) is 25.3 Å². The number of benzene rings is 1. The standard InChI is InChI=1S/C11H13ClO5/c1-17-8-3-6(10(14)9(13)5-12)2-7(4-8)11(15)16/h2-4,9-10,13-14H,5H2,1H3,(H,15,16). The fraction of sp³-hybridized carbons (Fsp3) is 0.364. The lowest BCUT2D eigenvalue weighted by molar-refractivity contribution is 0.0325. The molecule has 5 nitrogen and oxygen atoms in total. The van der Waals surface area contributed by atoms with Gasteiger partial charge in [-0.05, 0) is 23.8 Å². The average Bonchev–Trinajstić information content (AvgIpc) is 2.36. The summed E-state index contributed by atoms with van der Waals surface area (Å²) in [6, 6.07) is 4.05. The maximum atomic E-state index is 10.9. The van der Waals surface area contributed by atoms with E-state index in [-0.39, 0.29) is 17.0 Å². The molecule has 0 spiro atoms. The van der Waals surface area contributed by atoms with Gasteiger partial charge in [-0.25, -0.2) is 4.79 Å². The normalized spacial score (nSPS) is 14.1. The molecule has 3 N–H and O–H groups in total. The van der Waals surface area contributed by atoms with Gasteiger partial charge in [-0.1, -0.05) is 0 Å². The molecule has 94 valence electrons. The van der Waals surface area contributed by atoms with Gasteiger partial charge in [-0.3, -0.25) is 0 Å². The second-order valence-electron chi connectivity index (χ2n) is 3.47. The number of hydrogen-bond donors (Lipinski definition) is 3. The van der Waals surface area contributed by atoms with Crippen LogP contribution >= 0.6 is 11.6 Å². The molecule has 0 fully saturated rings. The van der Waals surface area contributed by atoms with Crippen molar-refractivity contribution in [3.63, 3.8) is 0 Å². The smallest absolute Gasteiger partial charge is 0.335 e. The number of carboxylic acids is 1. The molecule has 0 aliphatic heterocycles. The maximum Gasteiger partial charge on any atom is 0.335 e. The molecule has 0 aliphatic rings. The first-order valence-corrected chi connectivity index (χ1v) is 5.37. The number of halogens is 1. The van der Waals surface area contributed by atoms with Crippen molar-refractivity contribution in [1.82, 2.24) is 0 Å². The highest BCUT2D eigenvalue weighted by atomic mass is 35.5. The minimum atomic E-state index is -1.25. The van der Waals surface area contributed by atoms with E-state index < -0.39 is 18.2 Å². The summed E-state index contributed by atoms with van der Waals surface area (Å²) in [5, 5.41) is 28.0. The monoisotopic (exact) mass is 260 g/mol. The second kappa shape index (κ2) is 5.86. The molecular formula is C11H13ClO5. The van der Waals surface area contributed by atoms with Crippen LogP contribution in [0.3, 0.4) is 0 Å². The Bertz CT molecular complexity index is 407. The molecule has 0 radical (unpaired) electrons. The van der Waals surface area contributed by atoms with Gasteiger partial charge in [0.2, 0.25) is 0 Å². The highest BCUT2D eigenvalue weighted by Gasteiger charge is 2.19. The van der Waals surface area contributed by atoms with Gasteiger partial charge in [-0.15, -0.1) is 11.6 Å². The van der Waals surface area contributed by atoms with Crippen LogP contribution in [-0.4, -0.2) is 40.4 Å². The number of hydrogen-bond acceptors (Lipinski definition) is 4. The molecule has 17 heavy (non-hydrogen) atoms. The predicted molar refractivity (Wildman–Crippen MR) is 61.6 cm³/mol. The topological polar surface area (TPSA) is 87.0 Å². The fourth-order valence-electron chi connectivity index (χ4n) is 1.34. The zero-order valence-corrected chi connectivity index (χ0v) is 9.89. The van der Waals surface area contributed by atoms with Crippen LogP contribution in [0.2, 0.25) is 0 Å². The number of carboxylic acid groups (broad SMARTS) is 1. The van der Waals surface area contributed by atoms with Crippen molar-refractivity contribution in [2.24, 2.45) is 0 Å². The van der Waals surface area contributed by atoms with Gasteiger partial charge in [0.05, 0.1) is 24.7 Å². The third kappa shape index (κ3) is 3.33. The number of carbonyl (C=O) groups is 1. The summed E-state index contributed by atoms with van der Waals surface area (Å²) in [4.78, 5) is 10.9. The number of aliphatic hydroxyl groups excluding tert-OH is 2. The van der Waals surface area contributed by atoms with Crippen LogP contribution in [0.1, 0.15) is 22.0 Å². The summed E-state index contributed by atoms with van der Waals surface area (Å²) < 4.78 is 4.92. The lowest BCUT2D eigenvalue weighted by atomic mass is 10.0. The summed E-state index contributed by atoms with van der Waals surface area (Å²) in [6.45, 7) is 0. The van der Waals surface area contributed by atoms with Gasteiger partial charge in [0.1, 0.15) is 11.9 Å². The maximum absolute atomic E-state index is 10.9. The third-order valence-electron chi connectivity index (χ3n) is 2.28. The number of alkyl halides is 1. The number of rotatable bonds is 5. The zero-order chi connectivity index (χ0) is 13.0. The SMILES string of the molecule is COc1cc(C(=O)O)cc(C(O)C(O)CCl)c1. The summed E-state index contributed by atoms with van der Waals surface area (Å²) in [6.07, 6.45) is -2.41. The average molecular weight is 261 g/mol. The first-order valence-electron chi connectivity index (χ1n) is 4.84. The van der Waals surface area contributed by atoms with Gasteiger partial charge >= 0.3 is 5.97 Å². The Morgan fingerprint density at radius 3 is 2.53 bits per heavy atom. The van der Waals surface area contributed by atoms with Crippen molar-refractivity contribution in [2.45, 2.75) is 12.2 Å². The lowest BCUT2D eigenvalue weighted by Crippen LogP contribution is -2.20. The van der Waals surface area contributed by atoms with E-state index in [2.05, 4.69) is 0 Å². The Kier molecular flexibility index (Phi) is 4.74. The van der Waals surface area contributed by atoms with Crippen LogP contribution < -0.4 is 4.74 Å². The van der Waals surface area contributed by atoms with Crippen LogP contribution in [0.4, 0.5) is 0 Å². The van der Waals surface area contributed by atoms with Crippen molar-refractivity contribution < 1.29 is 24.9 Å². The van der Waals surface area contributed by atoms with E-state index in [0.717, 1.165) is 0 Å². The quantitative estimate of drug-likeness (QED) is 0.688. The first-order chi connectivity index (χ1) is 7.99. The highest BCUT2D eigenvalue weighted by molar-refractivity contribution is 6.18. The molecule has 0 aromatic heterocycles. The minimum absolute atomic E-state index is 0.0276. The van der Waals surface area contributed by atoms with Crippen LogP contribution in [0, 0.1) is 0 Å². The molecule has 0 amide bonds. The van der Waals surface area contributed by atoms with Crippen molar-refractivity contribution >= 4 is 17.6 Å². The van der Waals surface area contributed by atoms with E-state index in [0.29, 0.717) is 5.75 Å². The Morgan fingerprint density at radius 2 is 2.06 bits per heavy atom. The Balaban J connectivity index is 3.14. The number of ether oxygens (including phenoxy) is 1. The third-order valence-corrected chi connectivity index (χ3v) is 2.59. The van der Waals surface area contributed by atoms with Crippen molar-refractivity contribution in [2.75, 3.05) is 13.0 Å². The van der Waals surface area contributed by atoms with Gasteiger partial charge in [0.25, 0.3) is 0 Å². The van der Waals surface area contributed by atoms with E-state index in [4.69, 9.17) is 21.4 Å². The summed E-state index contributed by atoms with van der Waals surface area (Å²) in [7, 11) is 1.38. The van der Waals surface area contributed by atoms with Crippen LogP contribution in [0.15, 0.2) is 18.2 Å². The number of aromatic carboxylic acids is 1. The molecule has 2 atom stereocenters. The van der Waals surface area contributed by atoms with Gasteiger partial charge < -0.3 is 20.1 Å². The summed E-state index contributed by atoms with van der Waals surface area (Å²) >= 11 is 5.42. The molecular weight excluding hydrogens is 248 g/mol. The van der Waals surface area contributed by atoms with Crippen molar-refractivity contribution in [3.8, 4) is 5.75 Å². The summed E-state index contributed by atoms with van der Waals surface area (Å²) in [5.41, 5.74) is 0.218. The van der Waals surface area contributed by atoms with Crippen LogP contribution in [-0.2, 0) is 0 Å². The lowest BCUT2D eigenvalue weighted by Gasteiger charge is -2.17.